The molecular formula is C16H15ClN2O. The lowest BCUT2D eigenvalue weighted by molar-refractivity contribution is 0.624. The lowest BCUT2D eigenvalue weighted by Crippen LogP contribution is -1.96. The molecule has 3 nitrogen and oxygen atoms in total. The molecular weight excluding hydrogens is 272 g/mol. The van der Waals surface area contributed by atoms with E-state index in [-0.39, 0.29) is 0 Å². The second-order valence-corrected chi connectivity index (χ2v) is 5.23. The van der Waals surface area contributed by atoms with Crippen LogP contribution < -0.4 is 0 Å². The van der Waals surface area contributed by atoms with Crippen LogP contribution in [0, 0.1) is 6.92 Å². The first-order valence-corrected chi connectivity index (χ1v) is 7.08. The van der Waals surface area contributed by atoms with Gasteiger partial charge in [-0.05, 0) is 25.0 Å². The Morgan fingerprint density at radius 2 is 2.05 bits per heavy atom. The first kappa shape index (κ1) is 13.1. The van der Waals surface area contributed by atoms with E-state index in [1.807, 2.05) is 31.2 Å². The lowest BCUT2D eigenvalue weighted by Gasteiger charge is -2.01. The second kappa shape index (κ2) is 5.25. The number of hydrogen-bond donors (Lipinski definition) is 0. The van der Waals surface area contributed by atoms with Crippen LogP contribution in [0.2, 0.25) is 5.15 Å². The summed E-state index contributed by atoms with van der Waals surface area (Å²) in [4.78, 5) is 8.76. The molecule has 3 rings (SSSR count). The molecule has 0 atom stereocenters. The minimum Gasteiger partial charge on any atom is -0.454 e. The van der Waals surface area contributed by atoms with Gasteiger partial charge in [-0.25, -0.2) is 9.97 Å². The van der Waals surface area contributed by atoms with E-state index < -0.39 is 0 Å². The second-order valence-electron chi connectivity index (χ2n) is 4.85. The van der Waals surface area contributed by atoms with Gasteiger partial charge in [0.25, 0.3) is 0 Å². The lowest BCUT2D eigenvalue weighted by atomic mass is 10.2. The van der Waals surface area contributed by atoms with Gasteiger partial charge in [0.15, 0.2) is 5.76 Å². The van der Waals surface area contributed by atoms with E-state index in [4.69, 9.17) is 16.0 Å². The van der Waals surface area contributed by atoms with Gasteiger partial charge in [-0.2, -0.15) is 0 Å². The molecule has 2 aromatic heterocycles. The molecule has 4 heteroatoms. The van der Waals surface area contributed by atoms with E-state index in [9.17, 15) is 0 Å². The fourth-order valence-corrected chi connectivity index (χ4v) is 2.46. The standard InChI is InChI=1S/C16H15ClN2O/c1-3-5-15-18-12(9-14(17)19-15)13-8-11-7-4-6-10(2)16(11)20-13/h4,6-9H,3,5H2,1-2H3. The fraction of sp³-hybridized carbons (Fsp3) is 0.250. The van der Waals surface area contributed by atoms with Gasteiger partial charge in [0.1, 0.15) is 22.3 Å². The largest absolute Gasteiger partial charge is 0.454 e. The van der Waals surface area contributed by atoms with Gasteiger partial charge in [-0.3, -0.25) is 0 Å². The molecule has 3 aromatic rings. The summed E-state index contributed by atoms with van der Waals surface area (Å²) in [6.45, 7) is 4.12. The molecule has 0 saturated heterocycles. The van der Waals surface area contributed by atoms with Crippen molar-refractivity contribution in [3.63, 3.8) is 0 Å². The number of furan rings is 1. The Hall–Kier alpha value is -1.87. The Labute approximate surface area is 122 Å². The Morgan fingerprint density at radius 1 is 1.20 bits per heavy atom. The van der Waals surface area contributed by atoms with Gasteiger partial charge < -0.3 is 4.42 Å². The van der Waals surface area contributed by atoms with Crippen molar-refractivity contribution >= 4 is 22.6 Å². The molecule has 0 amide bonds. The molecule has 0 spiro atoms. The van der Waals surface area contributed by atoms with Gasteiger partial charge in [-0.1, -0.05) is 36.7 Å². The van der Waals surface area contributed by atoms with Gasteiger partial charge in [0, 0.05) is 17.9 Å². The molecule has 0 bridgehead atoms. The molecule has 0 aliphatic carbocycles. The minimum atomic E-state index is 0.454. The minimum absolute atomic E-state index is 0.454. The number of rotatable bonds is 3. The molecule has 20 heavy (non-hydrogen) atoms. The first-order chi connectivity index (χ1) is 9.67. The fourth-order valence-electron chi connectivity index (χ4n) is 2.26. The number of para-hydroxylation sites is 1. The zero-order valence-corrected chi connectivity index (χ0v) is 12.2. The number of hydrogen-bond acceptors (Lipinski definition) is 3. The van der Waals surface area contributed by atoms with Crippen molar-refractivity contribution in [2.24, 2.45) is 0 Å². The molecule has 0 aliphatic heterocycles. The van der Waals surface area contributed by atoms with Crippen molar-refractivity contribution in [3.05, 3.63) is 46.9 Å². The highest BCUT2D eigenvalue weighted by Crippen LogP contribution is 2.29. The highest BCUT2D eigenvalue weighted by molar-refractivity contribution is 6.29. The van der Waals surface area contributed by atoms with Crippen molar-refractivity contribution in [2.75, 3.05) is 0 Å². The monoisotopic (exact) mass is 286 g/mol. The molecule has 0 aliphatic rings. The van der Waals surface area contributed by atoms with Gasteiger partial charge in [0.05, 0.1) is 0 Å². The van der Waals surface area contributed by atoms with Crippen LogP contribution in [0.1, 0.15) is 24.7 Å². The number of benzene rings is 1. The Bertz CT molecular complexity index is 764. The predicted octanol–water partition coefficient (Wildman–Crippen LogP) is 4.80. The van der Waals surface area contributed by atoms with Gasteiger partial charge >= 0.3 is 0 Å². The van der Waals surface area contributed by atoms with E-state index in [1.165, 1.54) is 0 Å². The number of nitrogens with zero attached hydrogens (tertiary/aromatic N) is 2. The molecule has 0 saturated carbocycles. The summed E-state index contributed by atoms with van der Waals surface area (Å²) in [5, 5.41) is 1.53. The Morgan fingerprint density at radius 3 is 2.80 bits per heavy atom. The zero-order chi connectivity index (χ0) is 14.1. The molecule has 102 valence electrons. The van der Waals surface area contributed by atoms with E-state index >= 15 is 0 Å². The van der Waals surface area contributed by atoms with E-state index in [0.717, 1.165) is 46.7 Å². The molecule has 2 heterocycles. The van der Waals surface area contributed by atoms with Crippen LogP contribution in [0.3, 0.4) is 0 Å². The summed E-state index contributed by atoms with van der Waals surface area (Å²) < 4.78 is 5.92. The van der Waals surface area contributed by atoms with Crippen molar-refractivity contribution < 1.29 is 4.42 Å². The Balaban J connectivity index is 2.12. The van der Waals surface area contributed by atoms with E-state index in [1.54, 1.807) is 6.07 Å². The summed E-state index contributed by atoms with van der Waals surface area (Å²) in [6, 6.07) is 9.83. The smallest absolute Gasteiger partial charge is 0.153 e. The quantitative estimate of drug-likeness (QED) is 0.649. The van der Waals surface area contributed by atoms with Crippen molar-refractivity contribution in [1.29, 1.82) is 0 Å². The van der Waals surface area contributed by atoms with Crippen LogP contribution in [-0.2, 0) is 6.42 Å². The van der Waals surface area contributed by atoms with Crippen LogP contribution >= 0.6 is 11.6 Å². The van der Waals surface area contributed by atoms with Crippen molar-refractivity contribution in [1.82, 2.24) is 9.97 Å². The number of aromatic nitrogens is 2. The van der Waals surface area contributed by atoms with Gasteiger partial charge in [0.2, 0.25) is 0 Å². The Kier molecular flexibility index (Phi) is 3.45. The van der Waals surface area contributed by atoms with Gasteiger partial charge in [-0.15, -0.1) is 0 Å². The number of halogens is 1. The first-order valence-electron chi connectivity index (χ1n) is 6.70. The highest BCUT2D eigenvalue weighted by Gasteiger charge is 2.11. The van der Waals surface area contributed by atoms with Crippen molar-refractivity contribution in [2.45, 2.75) is 26.7 Å². The van der Waals surface area contributed by atoms with Crippen LogP contribution in [0.4, 0.5) is 0 Å². The maximum Gasteiger partial charge on any atom is 0.153 e. The number of aryl methyl sites for hydroxylation is 2. The summed E-state index contributed by atoms with van der Waals surface area (Å²) in [6.07, 6.45) is 1.80. The van der Waals surface area contributed by atoms with E-state index in [2.05, 4.69) is 16.9 Å². The topological polar surface area (TPSA) is 38.9 Å². The maximum absolute atomic E-state index is 6.07. The molecule has 0 N–H and O–H groups in total. The summed E-state index contributed by atoms with van der Waals surface area (Å²) in [7, 11) is 0. The van der Waals surface area contributed by atoms with Crippen LogP contribution in [0.5, 0.6) is 0 Å². The van der Waals surface area contributed by atoms with Crippen LogP contribution in [0.15, 0.2) is 34.7 Å². The maximum atomic E-state index is 6.07. The third kappa shape index (κ3) is 2.41. The van der Waals surface area contributed by atoms with Crippen LogP contribution in [0.25, 0.3) is 22.4 Å². The summed E-state index contributed by atoms with van der Waals surface area (Å²) in [5.74, 6) is 1.49. The van der Waals surface area contributed by atoms with Crippen molar-refractivity contribution in [3.8, 4) is 11.5 Å². The molecule has 0 radical (unpaired) electrons. The molecule has 1 aromatic carbocycles. The van der Waals surface area contributed by atoms with Crippen LogP contribution in [-0.4, -0.2) is 9.97 Å². The average molecular weight is 287 g/mol. The molecule has 0 unspecified atom stereocenters. The zero-order valence-electron chi connectivity index (χ0n) is 11.5. The average Bonchev–Trinajstić information content (AvgIpc) is 2.84. The highest BCUT2D eigenvalue weighted by atomic mass is 35.5. The normalized spacial score (nSPS) is 11.2. The summed E-state index contributed by atoms with van der Waals surface area (Å²) >= 11 is 6.07. The SMILES string of the molecule is CCCc1nc(Cl)cc(-c2cc3cccc(C)c3o2)n1. The third-order valence-corrected chi connectivity index (χ3v) is 3.40. The van der Waals surface area contributed by atoms with E-state index in [0.29, 0.717) is 5.15 Å². The predicted molar refractivity (Wildman–Crippen MR) is 81.0 cm³/mol. The number of fused-ring (bicyclic) bond motifs is 1. The third-order valence-electron chi connectivity index (χ3n) is 3.21. The molecule has 0 fully saturated rings. The summed E-state index contributed by atoms with van der Waals surface area (Å²) in [5.41, 5.74) is 2.75.